The predicted molar refractivity (Wildman–Crippen MR) is 83.6 cm³/mol. The first-order valence-electron chi connectivity index (χ1n) is 7.45. The second kappa shape index (κ2) is 4.35. The van der Waals surface area contributed by atoms with Crippen LogP contribution in [-0.4, -0.2) is 19.3 Å². The number of hydrogen-bond donors (Lipinski definition) is 1. The molecular weight excluding hydrogens is 262 g/mol. The first-order chi connectivity index (χ1) is 10.2. The van der Waals surface area contributed by atoms with Crippen molar-refractivity contribution in [2.75, 3.05) is 5.73 Å². The SMILES string of the molecule is Cc1nn(C)c2c1nc(N)n2-c1cccc2c1CCCC2. The number of imidazole rings is 1. The maximum atomic E-state index is 6.21. The molecule has 0 unspecified atom stereocenters. The molecular formula is C16H19N5. The van der Waals surface area contributed by atoms with E-state index in [0.29, 0.717) is 5.95 Å². The lowest BCUT2D eigenvalue weighted by molar-refractivity contribution is 0.680. The van der Waals surface area contributed by atoms with Crippen LogP contribution in [0.15, 0.2) is 18.2 Å². The summed E-state index contributed by atoms with van der Waals surface area (Å²) in [4.78, 5) is 4.52. The van der Waals surface area contributed by atoms with Crippen LogP contribution in [-0.2, 0) is 19.9 Å². The van der Waals surface area contributed by atoms with Crippen molar-refractivity contribution in [2.24, 2.45) is 7.05 Å². The molecule has 2 N–H and O–H groups in total. The van der Waals surface area contributed by atoms with Gasteiger partial charge in [-0.3, -0.25) is 4.57 Å². The van der Waals surface area contributed by atoms with Gasteiger partial charge in [-0.2, -0.15) is 5.10 Å². The number of anilines is 1. The minimum atomic E-state index is 0.542. The maximum absolute atomic E-state index is 6.21. The Labute approximate surface area is 123 Å². The van der Waals surface area contributed by atoms with Gasteiger partial charge in [-0.05, 0) is 49.8 Å². The van der Waals surface area contributed by atoms with Gasteiger partial charge in [0.2, 0.25) is 5.95 Å². The van der Waals surface area contributed by atoms with Crippen molar-refractivity contribution in [3.05, 3.63) is 35.0 Å². The summed E-state index contributed by atoms with van der Waals surface area (Å²) in [6.45, 7) is 1.97. The molecule has 2 aromatic heterocycles. The number of rotatable bonds is 1. The highest BCUT2D eigenvalue weighted by Gasteiger charge is 2.21. The summed E-state index contributed by atoms with van der Waals surface area (Å²) >= 11 is 0. The van der Waals surface area contributed by atoms with Gasteiger partial charge in [-0.15, -0.1) is 0 Å². The van der Waals surface area contributed by atoms with Crippen molar-refractivity contribution in [3.8, 4) is 5.69 Å². The number of aryl methyl sites for hydroxylation is 3. The molecule has 0 spiro atoms. The number of nitrogen functional groups attached to an aromatic ring is 1. The van der Waals surface area contributed by atoms with Gasteiger partial charge in [0, 0.05) is 7.05 Å². The molecule has 5 nitrogen and oxygen atoms in total. The zero-order valence-electron chi connectivity index (χ0n) is 12.4. The van der Waals surface area contributed by atoms with E-state index in [1.165, 1.54) is 24.0 Å². The zero-order valence-corrected chi connectivity index (χ0v) is 12.4. The van der Waals surface area contributed by atoms with Crippen LogP contribution in [0.25, 0.3) is 16.9 Å². The minimum absolute atomic E-state index is 0.542. The Morgan fingerprint density at radius 3 is 2.86 bits per heavy atom. The first-order valence-corrected chi connectivity index (χ1v) is 7.45. The van der Waals surface area contributed by atoms with Crippen molar-refractivity contribution in [1.82, 2.24) is 19.3 Å². The van der Waals surface area contributed by atoms with E-state index in [0.717, 1.165) is 35.4 Å². The number of benzene rings is 1. The molecule has 1 aliphatic carbocycles. The van der Waals surface area contributed by atoms with Crippen LogP contribution >= 0.6 is 0 Å². The average molecular weight is 281 g/mol. The number of nitrogens with two attached hydrogens (primary N) is 1. The summed E-state index contributed by atoms with van der Waals surface area (Å²) in [5.41, 5.74) is 13.0. The molecule has 5 heteroatoms. The van der Waals surface area contributed by atoms with Gasteiger partial charge in [0.25, 0.3) is 0 Å². The number of fused-ring (bicyclic) bond motifs is 2. The van der Waals surface area contributed by atoms with Gasteiger partial charge in [0.1, 0.15) is 5.52 Å². The third-order valence-electron chi connectivity index (χ3n) is 4.44. The van der Waals surface area contributed by atoms with Gasteiger partial charge in [0.05, 0.1) is 11.4 Å². The fraction of sp³-hybridized carbons (Fsp3) is 0.375. The molecule has 4 rings (SSSR count). The molecule has 0 fully saturated rings. The molecule has 108 valence electrons. The standard InChI is InChI=1S/C16H19N5/c1-10-14-15(20(2)19-10)21(16(17)18-14)13-9-5-7-11-6-3-4-8-12(11)13/h5,7,9H,3-4,6,8H2,1-2H3,(H2,17,18). The van der Waals surface area contributed by atoms with Crippen LogP contribution in [0.4, 0.5) is 5.95 Å². The van der Waals surface area contributed by atoms with Crippen LogP contribution in [0.2, 0.25) is 0 Å². The van der Waals surface area contributed by atoms with Crippen LogP contribution < -0.4 is 5.73 Å². The molecule has 0 amide bonds. The topological polar surface area (TPSA) is 61.7 Å². The smallest absolute Gasteiger partial charge is 0.207 e. The first kappa shape index (κ1) is 12.4. The Morgan fingerprint density at radius 2 is 2.00 bits per heavy atom. The van der Waals surface area contributed by atoms with E-state index in [1.807, 2.05) is 18.7 Å². The van der Waals surface area contributed by atoms with Crippen LogP contribution in [0.3, 0.4) is 0 Å². The van der Waals surface area contributed by atoms with Gasteiger partial charge >= 0.3 is 0 Å². The lowest BCUT2D eigenvalue weighted by Gasteiger charge is -2.20. The number of aromatic nitrogens is 4. The molecule has 0 radical (unpaired) electrons. The average Bonchev–Trinajstić information content (AvgIpc) is 2.96. The van der Waals surface area contributed by atoms with Crippen molar-refractivity contribution in [1.29, 1.82) is 0 Å². The van der Waals surface area contributed by atoms with Crippen molar-refractivity contribution in [2.45, 2.75) is 32.6 Å². The number of hydrogen-bond acceptors (Lipinski definition) is 3. The summed E-state index contributed by atoms with van der Waals surface area (Å²) < 4.78 is 3.93. The highest BCUT2D eigenvalue weighted by Crippen LogP contribution is 2.31. The van der Waals surface area contributed by atoms with Crippen molar-refractivity contribution < 1.29 is 0 Å². The van der Waals surface area contributed by atoms with E-state index in [4.69, 9.17) is 5.73 Å². The summed E-state index contributed by atoms with van der Waals surface area (Å²) in [7, 11) is 1.95. The molecule has 0 saturated carbocycles. The molecule has 2 heterocycles. The lowest BCUT2D eigenvalue weighted by atomic mass is 9.90. The minimum Gasteiger partial charge on any atom is -0.369 e. The largest absolute Gasteiger partial charge is 0.369 e. The van der Waals surface area contributed by atoms with E-state index >= 15 is 0 Å². The molecule has 0 saturated heterocycles. The zero-order chi connectivity index (χ0) is 14.6. The van der Waals surface area contributed by atoms with E-state index in [1.54, 1.807) is 0 Å². The molecule has 1 aliphatic rings. The normalized spacial score (nSPS) is 14.6. The van der Waals surface area contributed by atoms with Crippen LogP contribution in [0, 0.1) is 6.92 Å². The van der Waals surface area contributed by atoms with E-state index in [-0.39, 0.29) is 0 Å². The molecule has 0 atom stereocenters. The highest BCUT2D eigenvalue weighted by atomic mass is 15.3. The van der Waals surface area contributed by atoms with Gasteiger partial charge in [-0.1, -0.05) is 12.1 Å². The van der Waals surface area contributed by atoms with Gasteiger partial charge < -0.3 is 5.73 Å². The molecule has 3 aromatic rings. The lowest BCUT2D eigenvalue weighted by Crippen LogP contribution is -2.11. The number of nitrogens with zero attached hydrogens (tertiary/aromatic N) is 4. The molecule has 21 heavy (non-hydrogen) atoms. The monoisotopic (exact) mass is 281 g/mol. The third kappa shape index (κ3) is 1.70. The molecule has 0 aliphatic heterocycles. The van der Waals surface area contributed by atoms with Gasteiger partial charge in [0.15, 0.2) is 5.65 Å². The summed E-state index contributed by atoms with van der Waals surface area (Å²) in [5.74, 6) is 0.542. The summed E-state index contributed by atoms with van der Waals surface area (Å²) in [6, 6.07) is 6.49. The Morgan fingerprint density at radius 1 is 1.19 bits per heavy atom. The Balaban J connectivity index is 2.05. The Kier molecular flexibility index (Phi) is 2.58. The van der Waals surface area contributed by atoms with E-state index < -0.39 is 0 Å². The highest BCUT2D eigenvalue weighted by molar-refractivity contribution is 5.80. The van der Waals surface area contributed by atoms with Crippen LogP contribution in [0.1, 0.15) is 29.7 Å². The van der Waals surface area contributed by atoms with E-state index in [2.05, 4.69) is 32.8 Å². The maximum Gasteiger partial charge on any atom is 0.207 e. The van der Waals surface area contributed by atoms with Crippen molar-refractivity contribution in [3.63, 3.8) is 0 Å². The van der Waals surface area contributed by atoms with Crippen molar-refractivity contribution >= 4 is 17.1 Å². The summed E-state index contributed by atoms with van der Waals surface area (Å²) in [5, 5.41) is 4.47. The second-order valence-corrected chi connectivity index (χ2v) is 5.81. The fourth-order valence-electron chi connectivity index (χ4n) is 3.50. The predicted octanol–water partition coefficient (Wildman–Crippen LogP) is 2.53. The molecule has 0 bridgehead atoms. The quantitative estimate of drug-likeness (QED) is 0.745. The molecule has 1 aromatic carbocycles. The fourth-order valence-corrected chi connectivity index (χ4v) is 3.50. The van der Waals surface area contributed by atoms with E-state index in [9.17, 15) is 0 Å². The van der Waals surface area contributed by atoms with Crippen LogP contribution in [0.5, 0.6) is 0 Å². The third-order valence-corrected chi connectivity index (χ3v) is 4.44. The Bertz CT molecular complexity index is 840. The Hall–Kier alpha value is -2.30. The summed E-state index contributed by atoms with van der Waals surface area (Å²) in [6.07, 6.45) is 4.79. The second-order valence-electron chi connectivity index (χ2n) is 5.81. The van der Waals surface area contributed by atoms with Gasteiger partial charge in [-0.25, -0.2) is 9.67 Å².